The van der Waals surface area contributed by atoms with Crippen LogP contribution in [0.25, 0.3) is 0 Å². The van der Waals surface area contributed by atoms with Crippen LogP contribution in [0.1, 0.15) is 12.8 Å². The Hall–Kier alpha value is -1.55. The molecule has 0 aromatic rings. The van der Waals surface area contributed by atoms with Crippen molar-refractivity contribution in [2.75, 3.05) is 13.1 Å². The van der Waals surface area contributed by atoms with Gasteiger partial charge in [0.25, 0.3) is 0 Å². The minimum Gasteiger partial charge on any atom is -0.481 e. The first-order valence-corrected chi connectivity index (χ1v) is 5.48. The van der Waals surface area contributed by atoms with E-state index in [-0.39, 0.29) is 5.92 Å². The fourth-order valence-electron chi connectivity index (χ4n) is 1.47. The van der Waals surface area contributed by atoms with Crippen molar-refractivity contribution in [3.05, 3.63) is 36.7 Å². The molecule has 0 saturated carbocycles. The van der Waals surface area contributed by atoms with Gasteiger partial charge in [0, 0.05) is 18.9 Å². The molecule has 4 heteroatoms. The molecule has 0 aromatic heterocycles. The summed E-state index contributed by atoms with van der Waals surface area (Å²) < 4.78 is 0. The molecule has 2 aliphatic heterocycles. The van der Waals surface area contributed by atoms with E-state index in [0.717, 1.165) is 19.4 Å². The van der Waals surface area contributed by atoms with Gasteiger partial charge in [-0.2, -0.15) is 0 Å². The Bertz CT molecular complexity index is 275. The van der Waals surface area contributed by atoms with Crippen LogP contribution in [0.3, 0.4) is 0 Å². The second-order valence-corrected chi connectivity index (χ2v) is 3.65. The van der Waals surface area contributed by atoms with Gasteiger partial charge < -0.3 is 15.7 Å². The molecule has 88 valence electrons. The lowest BCUT2D eigenvalue weighted by Gasteiger charge is -2.18. The molecule has 0 spiro atoms. The number of carboxylic acids is 1. The highest BCUT2D eigenvalue weighted by Gasteiger charge is 2.18. The summed E-state index contributed by atoms with van der Waals surface area (Å²) in [7, 11) is 0. The number of hydrogen-bond donors (Lipinski definition) is 3. The lowest BCUT2D eigenvalue weighted by atomic mass is 10.0. The fraction of sp³-hybridized carbons (Fsp3) is 0.417. The maximum absolute atomic E-state index is 10.3. The summed E-state index contributed by atoms with van der Waals surface area (Å²) in [5, 5.41) is 14.5. The molecule has 3 N–H and O–H groups in total. The monoisotopic (exact) mass is 222 g/mol. The maximum Gasteiger partial charge on any atom is 0.307 e. The van der Waals surface area contributed by atoms with Crippen molar-refractivity contribution in [2.45, 2.75) is 12.8 Å². The molecule has 2 aliphatic rings. The van der Waals surface area contributed by atoms with Crippen LogP contribution >= 0.6 is 0 Å². The molecule has 0 radical (unpaired) electrons. The van der Waals surface area contributed by atoms with Crippen LogP contribution in [0.5, 0.6) is 0 Å². The van der Waals surface area contributed by atoms with Gasteiger partial charge in [-0.1, -0.05) is 12.2 Å². The highest BCUT2D eigenvalue weighted by atomic mass is 16.4. The normalized spacial score (nSPS) is 22.6. The zero-order valence-corrected chi connectivity index (χ0v) is 9.23. The van der Waals surface area contributed by atoms with Crippen LogP contribution in [0.15, 0.2) is 36.7 Å². The third-order valence-corrected chi connectivity index (χ3v) is 2.36. The molecule has 16 heavy (non-hydrogen) atoms. The molecular weight excluding hydrogens is 204 g/mol. The highest BCUT2D eigenvalue weighted by molar-refractivity contribution is 5.70. The number of hydrogen-bond acceptors (Lipinski definition) is 3. The average molecular weight is 222 g/mol. The molecule has 1 saturated heterocycles. The number of piperidine rings is 1. The van der Waals surface area contributed by atoms with Gasteiger partial charge in [-0.3, -0.25) is 4.79 Å². The number of nitrogens with one attached hydrogen (secondary N) is 2. The Kier molecular flexibility index (Phi) is 6.03. The number of aliphatic carboxylic acids is 1. The van der Waals surface area contributed by atoms with Crippen LogP contribution in [0.2, 0.25) is 0 Å². The predicted molar refractivity (Wildman–Crippen MR) is 63.8 cm³/mol. The van der Waals surface area contributed by atoms with Crippen molar-refractivity contribution >= 4 is 5.97 Å². The summed E-state index contributed by atoms with van der Waals surface area (Å²) in [6, 6.07) is 0. The zero-order valence-electron chi connectivity index (χ0n) is 9.23. The molecule has 1 fully saturated rings. The van der Waals surface area contributed by atoms with Gasteiger partial charge in [0.05, 0.1) is 5.92 Å². The maximum atomic E-state index is 10.3. The van der Waals surface area contributed by atoms with Gasteiger partial charge in [-0.15, -0.1) is 0 Å². The lowest BCUT2D eigenvalue weighted by molar-refractivity contribution is -0.142. The van der Waals surface area contributed by atoms with Gasteiger partial charge in [0.15, 0.2) is 0 Å². The van der Waals surface area contributed by atoms with E-state index in [2.05, 4.69) is 10.6 Å². The average Bonchev–Trinajstić information content (AvgIpc) is 2.63. The summed E-state index contributed by atoms with van der Waals surface area (Å²) in [6.07, 6.45) is 13.4. The Morgan fingerprint density at radius 1 is 1.19 bits per heavy atom. The van der Waals surface area contributed by atoms with Crippen molar-refractivity contribution in [2.24, 2.45) is 5.92 Å². The van der Waals surface area contributed by atoms with E-state index in [9.17, 15) is 4.79 Å². The predicted octanol–water partition coefficient (Wildman–Crippen LogP) is 1.24. The molecule has 2 heterocycles. The summed E-state index contributed by atoms with van der Waals surface area (Å²) in [5.41, 5.74) is 0. The van der Waals surface area contributed by atoms with Gasteiger partial charge in [0.1, 0.15) is 0 Å². The van der Waals surface area contributed by atoms with E-state index < -0.39 is 5.97 Å². The van der Waals surface area contributed by atoms with E-state index in [1.54, 1.807) is 0 Å². The second kappa shape index (κ2) is 7.70. The summed E-state index contributed by atoms with van der Waals surface area (Å²) >= 11 is 0. The Labute approximate surface area is 95.7 Å². The largest absolute Gasteiger partial charge is 0.481 e. The SMILES string of the molecule is C1=CC=CNC=C1.O=C(O)C1CCCNC1. The van der Waals surface area contributed by atoms with Crippen molar-refractivity contribution in [1.29, 1.82) is 0 Å². The third-order valence-electron chi connectivity index (χ3n) is 2.36. The fourth-order valence-corrected chi connectivity index (χ4v) is 1.47. The molecule has 0 aromatic carbocycles. The summed E-state index contributed by atoms with van der Waals surface area (Å²) in [6.45, 7) is 1.62. The van der Waals surface area contributed by atoms with E-state index in [0.29, 0.717) is 6.54 Å². The van der Waals surface area contributed by atoms with Gasteiger partial charge >= 0.3 is 5.97 Å². The van der Waals surface area contributed by atoms with Crippen molar-refractivity contribution in [3.63, 3.8) is 0 Å². The first-order chi connectivity index (χ1) is 7.80. The third kappa shape index (κ3) is 5.36. The molecule has 1 atom stereocenters. The Balaban J connectivity index is 0.000000165. The van der Waals surface area contributed by atoms with Gasteiger partial charge in [0.2, 0.25) is 0 Å². The van der Waals surface area contributed by atoms with Gasteiger partial charge in [-0.05, 0) is 31.5 Å². The molecule has 4 nitrogen and oxygen atoms in total. The molecule has 1 unspecified atom stereocenters. The number of rotatable bonds is 1. The molecule has 0 aliphatic carbocycles. The van der Waals surface area contributed by atoms with Crippen molar-refractivity contribution < 1.29 is 9.90 Å². The Morgan fingerprint density at radius 2 is 1.88 bits per heavy atom. The summed E-state index contributed by atoms with van der Waals surface area (Å²) in [5.74, 6) is -0.805. The minimum atomic E-state index is -0.665. The number of carbonyl (C=O) groups is 1. The molecule has 0 amide bonds. The quantitative estimate of drug-likeness (QED) is 0.625. The smallest absolute Gasteiger partial charge is 0.307 e. The Morgan fingerprint density at radius 3 is 2.31 bits per heavy atom. The molecule has 0 bridgehead atoms. The van der Waals surface area contributed by atoms with E-state index in [4.69, 9.17) is 5.11 Å². The zero-order chi connectivity index (χ0) is 11.6. The standard InChI is InChI=1S/C6H11NO2.C6H7N/c8-6(9)5-2-1-3-7-4-5;1-2-4-6-7-5-3-1/h5,7H,1-4H2,(H,8,9);1-7H. The van der Waals surface area contributed by atoms with Crippen molar-refractivity contribution in [3.8, 4) is 0 Å². The minimum absolute atomic E-state index is 0.140. The van der Waals surface area contributed by atoms with Crippen molar-refractivity contribution in [1.82, 2.24) is 10.6 Å². The topological polar surface area (TPSA) is 61.4 Å². The van der Waals surface area contributed by atoms with E-state index in [1.807, 2.05) is 36.7 Å². The van der Waals surface area contributed by atoms with Crippen LogP contribution in [-0.2, 0) is 4.79 Å². The van der Waals surface area contributed by atoms with Crippen LogP contribution in [0.4, 0.5) is 0 Å². The second-order valence-electron chi connectivity index (χ2n) is 3.65. The molecular formula is C12H18N2O2. The van der Waals surface area contributed by atoms with E-state index in [1.165, 1.54) is 0 Å². The van der Waals surface area contributed by atoms with Gasteiger partial charge in [-0.25, -0.2) is 0 Å². The first-order valence-electron chi connectivity index (χ1n) is 5.48. The summed E-state index contributed by atoms with van der Waals surface area (Å²) in [4.78, 5) is 10.3. The van der Waals surface area contributed by atoms with Crippen LogP contribution < -0.4 is 10.6 Å². The van der Waals surface area contributed by atoms with Crippen LogP contribution in [-0.4, -0.2) is 24.2 Å². The lowest BCUT2D eigenvalue weighted by Crippen LogP contribution is -2.34. The highest BCUT2D eigenvalue weighted by Crippen LogP contribution is 2.08. The number of carboxylic acid groups (broad SMARTS) is 1. The first kappa shape index (κ1) is 12.5. The molecule has 2 rings (SSSR count). The van der Waals surface area contributed by atoms with E-state index >= 15 is 0 Å². The number of allylic oxidation sites excluding steroid dienone is 4. The van der Waals surface area contributed by atoms with Crippen LogP contribution in [0, 0.1) is 5.92 Å².